The molecule has 0 spiro atoms. The minimum atomic E-state index is -1.83. The topological polar surface area (TPSA) is 57.5 Å². The minimum absolute atomic E-state index is 0. The maximum atomic E-state index is 8.56. The van der Waals surface area contributed by atoms with Crippen LogP contribution in [0.4, 0.5) is 4.79 Å². The Morgan fingerprint density at radius 3 is 1.14 bits per heavy atom. The molecule has 0 aliphatic carbocycles. The van der Waals surface area contributed by atoms with Crippen LogP contribution in [0.15, 0.2) is 0 Å². The van der Waals surface area contributed by atoms with Crippen molar-refractivity contribution in [2.45, 2.75) is 0 Å². The van der Waals surface area contributed by atoms with Crippen molar-refractivity contribution in [3.63, 3.8) is 0 Å². The number of halogens is 1. The van der Waals surface area contributed by atoms with E-state index in [2.05, 4.69) is 0 Å². The van der Waals surface area contributed by atoms with Crippen molar-refractivity contribution < 1.29 is 15.0 Å². The molecular weight excluding hydrogens is 174 g/mol. The Bertz CT molecular complexity index is 35.9. The van der Waals surface area contributed by atoms with E-state index in [1.807, 2.05) is 0 Å². The molecule has 0 aliphatic rings. The Hall–Kier alpha value is 2.83. The predicted molar refractivity (Wildman–Crippen MR) is 32.2 cm³/mol. The van der Waals surface area contributed by atoms with E-state index in [0.29, 0.717) is 0 Å². The van der Waals surface area contributed by atoms with E-state index < -0.39 is 6.16 Å². The van der Waals surface area contributed by atoms with E-state index in [0.717, 1.165) is 0 Å². The number of carboxylic acid groups (broad SMARTS) is 2. The molecular formula is CH5ClK2O3. The first kappa shape index (κ1) is 22.5. The first-order valence-electron chi connectivity index (χ1n) is 0.651. The average molecular weight is 179 g/mol. The molecule has 0 heterocycles. The van der Waals surface area contributed by atoms with Gasteiger partial charge in [0.1, 0.15) is 0 Å². The zero-order valence-electron chi connectivity index (χ0n) is 2.21. The summed E-state index contributed by atoms with van der Waals surface area (Å²) in [5, 5.41) is 13.9. The summed E-state index contributed by atoms with van der Waals surface area (Å²) in [6.45, 7) is 0. The number of carbonyl (C=O) groups is 1. The molecule has 0 aromatic rings. The van der Waals surface area contributed by atoms with Crippen molar-refractivity contribution in [2.24, 2.45) is 0 Å². The molecule has 0 aromatic carbocycles. The van der Waals surface area contributed by atoms with Crippen molar-refractivity contribution in [2.75, 3.05) is 0 Å². The van der Waals surface area contributed by atoms with Gasteiger partial charge >= 0.3 is 109 Å². The zero-order chi connectivity index (χ0) is 3.58. The average Bonchev–Trinajstić information content (AvgIpc) is 0.811. The molecule has 0 aromatic heterocycles. The normalized spacial score (nSPS) is 3.43. The van der Waals surface area contributed by atoms with Gasteiger partial charge in [-0.05, 0) is 0 Å². The second kappa shape index (κ2) is 15.9. The van der Waals surface area contributed by atoms with E-state index in [4.69, 9.17) is 15.0 Å². The summed E-state index contributed by atoms with van der Waals surface area (Å²) < 4.78 is 0. The number of hydrogen-bond acceptors (Lipinski definition) is 1. The Kier molecular flexibility index (Phi) is 51.3. The van der Waals surface area contributed by atoms with Crippen LogP contribution >= 0.6 is 12.4 Å². The summed E-state index contributed by atoms with van der Waals surface area (Å²) >= 11 is 0. The maximum absolute atomic E-state index is 8.56. The zero-order valence-corrected chi connectivity index (χ0v) is 3.03. The van der Waals surface area contributed by atoms with Crippen LogP contribution in [-0.2, 0) is 0 Å². The summed E-state index contributed by atoms with van der Waals surface area (Å²) in [4.78, 5) is 8.56. The van der Waals surface area contributed by atoms with E-state index in [-0.39, 0.29) is 115 Å². The first-order valence-corrected chi connectivity index (χ1v) is 0.651. The summed E-state index contributed by atoms with van der Waals surface area (Å²) in [6, 6.07) is 0. The molecule has 0 atom stereocenters. The quantitative estimate of drug-likeness (QED) is 0.485. The Labute approximate surface area is 132 Å². The van der Waals surface area contributed by atoms with Gasteiger partial charge in [0.05, 0.1) is 0 Å². The SMILES string of the molecule is Cl.O=C(O)O.[KH].[KH]. The molecule has 6 heteroatoms. The van der Waals surface area contributed by atoms with Gasteiger partial charge in [-0.1, -0.05) is 0 Å². The number of hydrogen-bond donors (Lipinski definition) is 2. The Morgan fingerprint density at radius 1 is 1.14 bits per heavy atom. The molecule has 0 radical (unpaired) electrons. The first-order chi connectivity index (χ1) is 1.73. The summed E-state index contributed by atoms with van der Waals surface area (Å²) in [6.07, 6.45) is -1.83. The van der Waals surface area contributed by atoms with Gasteiger partial charge in [-0.25, -0.2) is 4.79 Å². The molecule has 0 saturated carbocycles. The fourth-order valence-electron chi connectivity index (χ4n) is 0. The van der Waals surface area contributed by atoms with Crippen LogP contribution in [0.1, 0.15) is 0 Å². The molecule has 2 N–H and O–H groups in total. The van der Waals surface area contributed by atoms with Crippen LogP contribution in [0.5, 0.6) is 0 Å². The van der Waals surface area contributed by atoms with Crippen LogP contribution < -0.4 is 0 Å². The van der Waals surface area contributed by atoms with Crippen molar-refractivity contribution in [1.82, 2.24) is 0 Å². The summed E-state index contributed by atoms with van der Waals surface area (Å²) in [5.74, 6) is 0. The monoisotopic (exact) mass is 178 g/mol. The van der Waals surface area contributed by atoms with Gasteiger partial charge in [-0.15, -0.1) is 12.4 Å². The van der Waals surface area contributed by atoms with E-state index in [9.17, 15) is 0 Å². The van der Waals surface area contributed by atoms with Crippen LogP contribution in [0.25, 0.3) is 0 Å². The van der Waals surface area contributed by atoms with Gasteiger partial charge in [0.15, 0.2) is 0 Å². The van der Waals surface area contributed by atoms with E-state index in [1.54, 1.807) is 0 Å². The Balaban J connectivity index is -0.0000000150. The van der Waals surface area contributed by atoms with Gasteiger partial charge in [0.25, 0.3) is 0 Å². The van der Waals surface area contributed by atoms with Crippen LogP contribution in [0.3, 0.4) is 0 Å². The fourth-order valence-corrected chi connectivity index (χ4v) is 0. The van der Waals surface area contributed by atoms with Gasteiger partial charge < -0.3 is 10.2 Å². The van der Waals surface area contributed by atoms with Crippen molar-refractivity contribution in [1.29, 1.82) is 0 Å². The molecule has 3 nitrogen and oxygen atoms in total. The van der Waals surface area contributed by atoms with Crippen LogP contribution in [-0.4, -0.2) is 119 Å². The van der Waals surface area contributed by atoms with E-state index in [1.165, 1.54) is 0 Å². The van der Waals surface area contributed by atoms with Gasteiger partial charge in [-0.3, -0.25) is 0 Å². The standard InChI is InChI=1S/CH2O3.ClH.2K.2H/c2-1(3)4;;;;;/h(H2,2,3,4);1H;;;;. The second-order valence-corrected chi connectivity index (χ2v) is 0.283. The summed E-state index contributed by atoms with van der Waals surface area (Å²) in [7, 11) is 0. The van der Waals surface area contributed by atoms with Gasteiger partial charge in [0, 0.05) is 0 Å². The van der Waals surface area contributed by atoms with Crippen LogP contribution in [0.2, 0.25) is 0 Å². The molecule has 0 saturated heterocycles. The second-order valence-electron chi connectivity index (χ2n) is 0.283. The molecule has 0 bridgehead atoms. The number of rotatable bonds is 0. The van der Waals surface area contributed by atoms with Crippen LogP contribution in [0, 0.1) is 0 Å². The molecule has 0 rings (SSSR count). The van der Waals surface area contributed by atoms with Crippen molar-refractivity contribution in [3.8, 4) is 0 Å². The third-order valence-electron chi connectivity index (χ3n) is 0. The molecule has 0 unspecified atom stereocenters. The predicted octanol–water partition coefficient (Wildman–Crippen LogP) is -0.653. The Morgan fingerprint density at radius 2 is 1.14 bits per heavy atom. The van der Waals surface area contributed by atoms with Gasteiger partial charge in [0.2, 0.25) is 0 Å². The van der Waals surface area contributed by atoms with E-state index >= 15 is 0 Å². The third kappa shape index (κ3) is 51.4. The third-order valence-corrected chi connectivity index (χ3v) is 0. The van der Waals surface area contributed by atoms with Crippen molar-refractivity contribution >= 4 is 121 Å². The fraction of sp³-hybridized carbons (Fsp3) is 0. The van der Waals surface area contributed by atoms with Gasteiger partial charge in [-0.2, -0.15) is 0 Å². The molecule has 36 valence electrons. The molecule has 0 fully saturated rings. The molecule has 0 aliphatic heterocycles. The molecule has 0 amide bonds. The summed E-state index contributed by atoms with van der Waals surface area (Å²) in [5.41, 5.74) is 0. The molecule has 7 heavy (non-hydrogen) atoms. The van der Waals surface area contributed by atoms with Crippen molar-refractivity contribution in [3.05, 3.63) is 0 Å².